The van der Waals surface area contributed by atoms with Gasteiger partial charge in [0.1, 0.15) is 18.2 Å². The van der Waals surface area contributed by atoms with Crippen LogP contribution in [-0.2, 0) is 13.2 Å². The van der Waals surface area contributed by atoms with Crippen molar-refractivity contribution in [3.8, 4) is 5.75 Å². The Hall–Kier alpha value is -1.29. The molecule has 0 aliphatic heterocycles. The summed E-state index contributed by atoms with van der Waals surface area (Å²) in [6.07, 6.45) is 6.23. The molecule has 0 saturated carbocycles. The van der Waals surface area contributed by atoms with E-state index >= 15 is 0 Å². The molecule has 5 heteroatoms. The Morgan fingerprint density at radius 1 is 1.04 bits per heavy atom. The van der Waals surface area contributed by atoms with Crippen LogP contribution in [0.2, 0.25) is 10.0 Å². The predicted molar refractivity (Wildman–Crippen MR) is 108 cm³/mol. The third kappa shape index (κ3) is 6.79. The van der Waals surface area contributed by atoms with E-state index in [4.69, 9.17) is 27.9 Å². The first-order valence-electron chi connectivity index (χ1n) is 9.16. The molecule has 0 aromatic heterocycles. The fourth-order valence-corrected chi connectivity index (χ4v) is 3.14. The van der Waals surface area contributed by atoms with Crippen molar-refractivity contribution in [2.75, 3.05) is 6.54 Å². The Morgan fingerprint density at radius 2 is 1.85 bits per heavy atom. The molecule has 0 aliphatic rings. The van der Waals surface area contributed by atoms with Gasteiger partial charge in [-0.15, -0.1) is 0 Å². The van der Waals surface area contributed by atoms with Gasteiger partial charge in [0.05, 0.1) is 5.02 Å². The zero-order valence-corrected chi connectivity index (χ0v) is 16.7. The molecule has 2 aromatic carbocycles. The van der Waals surface area contributed by atoms with Crippen molar-refractivity contribution in [3.63, 3.8) is 0 Å². The van der Waals surface area contributed by atoms with Crippen molar-refractivity contribution in [3.05, 3.63) is 63.4 Å². The lowest BCUT2D eigenvalue weighted by Crippen LogP contribution is -2.15. The second-order valence-electron chi connectivity index (χ2n) is 6.33. The van der Waals surface area contributed by atoms with Gasteiger partial charge in [-0.05, 0) is 43.3 Å². The molecule has 0 fully saturated rings. The van der Waals surface area contributed by atoms with Crippen LogP contribution in [0.5, 0.6) is 5.75 Å². The van der Waals surface area contributed by atoms with Crippen LogP contribution >= 0.6 is 23.2 Å². The number of ether oxygens (including phenoxy) is 1. The topological polar surface area (TPSA) is 21.3 Å². The van der Waals surface area contributed by atoms with E-state index in [1.54, 1.807) is 18.2 Å². The highest BCUT2D eigenvalue weighted by molar-refractivity contribution is 6.31. The second kappa shape index (κ2) is 11.4. The number of hydrogen-bond donors (Lipinski definition) is 1. The summed E-state index contributed by atoms with van der Waals surface area (Å²) in [5, 5.41) is 4.45. The Kier molecular flexibility index (Phi) is 9.24. The van der Waals surface area contributed by atoms with Crippen LogP contribution in [0.15, 0.2) is 36.4 Å². The Bertz CT molecular complexity index is 673. The summed E-state index contributed by atoms with van der Waals surface area (Å²) >= 11 is 12.2. The van der Waals surface area contributed by atoms with Gasteiger partial charge in [0.2, 0.25) is 0 Å². The molecular formula is C21H26Cl2FNO. The highest BCUT2D eigenvalue weighted by Crippen LogP contribution is 2.26. The molecule has 0 bridgehead atoms. The summed E-state index contributed by atoms with van der Waals surface area (Å²) in [6.45, 7) is 3.91. The zero-order chi connectivity index (χ0) is 18.8. The standard InChI is InChI=1S/C21H26Cl2FNO/c1-2-3-4-5-6-12-25-14-16-13-17(22)10-11-21(16)26-15-18-19(23)8-7-9-20(18)24/h7-11,13,25H,2-6,12,14-15H2,1H3. The van der Waals surface area contributed by atoms with Gasteiger partial charge in [-0.3, -0.25) is 0 Å². The van der Waals surface area contributed by atoms with Gasteiger partial charge in [0.25, 0.3) is 0 Å². The maximum atomic E-state index is 13.9. The Labute approximate surface area is 165 Å². The third-order valence-corrected chi connectivity index (χ3v) is 4.82. The largest absolute Gasteiger partial charge is 0.488 e. The lowest BCUT2D eigenvalue weighted by molar-refractivity contribution is 0.296. The first kappa shape index (κ1) is 21.0. The van der Waals surface area contributed by atoms with Crippen LogP contribution in [-0.4, -0.2) is 6.54 Å². The SMILES string of the molecule is CCCCCCCNCc1cc(Cl)ccc1OCc1c(F)cccc1Cl. The predicted octanol–water partition coefficient (Wildman–Crippen LogP) is 6.77. The van der Waals surface area contributed by atoms with Crippen LogP contribution in [0.4, 0.5) is 4.39 Å². The molecule has 2 aromatic rings. The lowest BCUT2D eigenvalue weighted by atomic mass is 10.1. The van der Waals surface area contributed by atoms with E-state index in [1.165, 1.54) is 31.7 Å². The average Bonchev–Trinajstić information content (AvgIpc) is 2.62. The highest BCUT2D eigenvalue weighted by atomic mass is 35.5. The molecule has 2 nitrogen and oxygen atoms in total. The van der Waals surface area contributed by atoms with Gasteiger partial charge in [0.15, 0.2) is 0 Å². The van der Waals surface area contributed by atoms with E-state index < -0.39 is 0 Å². The van der Waals surface area contributed by atoms with Crippen LogP contribution in [0, 0.1) is 5.82 Å². The van der Waals surface area contributed by atoms with Gasteiger partial charge in [0, 0.05) is 22.7 Å². The van der Waals surface area contributed by atoms with E-state index in [1.807, 2.05) is 12.1 Å². The second-order valence-corrected chi connectivity index (χ2v) is 7.18. The zero-order valence-electron chi connectivity index (χ0n) is 15.2. The summed E-state index contributed by atoms with van der Waals surface area (Å²) < 4.78 is 19.7. The molecule has 0 atom stereocenters. The monoisotopic (exact) mass is 397 g/mol. The molecule has 0 unspecified atom stereocenters. The van der Waals surface area contributed by atoms with Crippen LogP contribution < -0.4 is 10.1 Å². The number of benzene rings is 2. The van der Waals surface area contributed by atoms with Crippen molar-refractivity contribution in [2.24, 2.45) is 0 Å². The van der Waals surface area contributed by atoms with Crippen LogP contribution in [0.25, 0.3) is 0 Å². The summed E-state index contributed by atoms with van der Waals surface area (Å²) in [7, 11) is 0. The number of hydrogen-bond acceptors (Lipinski definition) is 2. The first-order chi connectivity index (χ1) is 12.6. The molecule has 142 valence electrons. The number of halogens is 3. The average molecular weight is 398 g/mol. The van der Waals surface area contributed by atoms with Gasteiger partial charge < -0.3 is 10.1 Å². The molecule has 0 saturated heterocycles. The normalized spacial score (nSPS) is 10.9. The van der Waals surface area contributed by atoms with Crippen molar-refractivity contribution in [2.45, 2.75) is 52.2 Å². The summed E-state index contributed by atoms with van der Waals surface area (Å²) in [5.41, 5.74) is 1.32. The minimum absolute atomic E-state index is 0.0805. The minimum atomic E-state index is -0.363. The van der Waals surface area contributed by atoms with E-state index in [0.29, 0.717) is 27.9 Å². The Morgan fingerprint density at radius 3 is 2.62 bits per heavy atom. The van der Waals surface area contributed by atoms with Crippen molar-refractivity contribution < 1.29 is 9.13 Å². The smallest absolute Gasteiger partial charge is 0.131 e. The van der Waals surface area contributed by atoms with Gasteiger partial charge in [-0.2, -0.15) is 0 Å². The maximum Gasteiger partial charge on any atom is 0.131 e. The lowest BCUT2D eigenvalue weighted by Gasteiger charge is -2.14. The minimum Gasteiger partial charge on any atom is -0.488 e. The molecule has 0 heterocycles. The van der Waals surface area contributed by atoms with E-state index in [0.717, 1.165) is 18.5 Å². The summed E-state index contributed by atoms with van der Waals surface area (Å²) in [4.78, 5) is 0. The van der Waals surface area contributed by atoms with Crippen molar-refractivity contribution in [1.82, 2.24) is 5.32 Å². The summed E-state index contributed by atoms with van der Waals surface area (Å²) in [6, 6.07) is 10.1. The molecular weight excluding hydrogens is 372 g/mol. The van der Waals surface area contributed by atoms with Gasteiger partial charge in [-0.25, -0.2) is 4.39 Å². The molecule has 0 spiro atoms. The van der Waals surface area contributed by atoms with Crippen LogP contribution in [0.1, 0.15) is 50.2 Å². The van der Waals surface area contributed by atoms with Crippen molar-refractivity contribution >= 4 is 23.2 Å². The molecule has 0 radical (unpaired) electrons. The Balaban J connectivity index is 1.90. The fourth-order valence-electron chi connectivity index (χ4n) is 2.72. The molecule has 0 amide bonds. The molecule has 1 N–H and O–H groups in total. The maximum absolute atomic E-state index is 13.9. The molecule has 26 heavy (non-hydrogen) atoms. The third-order valence-electron chi connectivity index (χ3n) is 4.23. The van der Waals surface area contributed by atoms with E-state index in [9.17, 15) is 4.39 Å². The summed E-state index contributed by atoms with van der Waals surface area (Å²) in [5.74, 6) is 0.324. The first-order valence-corrected chi connectivity index (χ1v) is 9.92. The van der Waals surface area contributed by atoms with Crippen LogP contribution in [0.3, 0.4) is 0 Å². The van der Waals surface area contributed by atoms with E-state index in [-0.39, 0.29) is 12.4 Å². The fraction of sp³-hybridized carbons (Fsp3) is 0.429. The quantitative estimate of drug-likeness (QED) is 0.422. The van der Waals surface area contributed by atoms with Gasteiger partial charge in [-0.1, -0.05) is 61.9 Å². The molecule has 0 aliphatic carbocycles. The number of nitrogens with one attached hydrogen (secondary N) is 1. The molecule has 2 rings (SSSR count). The van der Waals surface area contributed by atoms with Gasteiger partial charge >= 0.3 is 0 Å². The highest BCUT2D eigenvalue weighted by Gasteiger charge is 2.10. The van der Waals surface area contributed by atoms with Crippen molar-refractivity contribution in [1.29, 1.82) is 0 Å². The van der Waals surface area contributed by atoms with E-state index in [2.05, 4.69) is 12.2 Å². The number of rotatable bonds is 11. The number of unbranched alkanes of at least 4 members (excludes halogenated alkanes) is 4.